The van der Waals surface area contributed by atoms with Crippen LogP contribution in [0.15, 0.2) is 24.5 Å². The van der Waals surface area contributed by atoms with Crippen molar-refractivity contribution in [2.75, 3.05) is 0 Å². The zero-order valence-electron chi connectivity index (χ0n) is 7.60. The molecule has 1 aliphatic heterocycles. The average Bonchev–Trinajstić information content (AvgIpc) is 2.68. The Kier molecular flexibility index (Phi) is 2.43. The quantitative estimate of drug-likeness (QED) is 0.588. The van der Waals surface area contributed by atoms with Crippen molar-refractivity contribution in [3.8, 4) is 0 Å². The molecule has 2 atom stereocenters. The maximum atomic E-state index is 10.9. The number of carbonyl (C=O) groups excluding carboxylic acids is 1. The minimum Gasteiger partial charge on any atom is -0.368 e. The summed E-state index contributed by atoms with van der Waals surface area (Å²) >= 11 is 0. The van der Waals surface area contributed by atoms with Gasteiger partial charge in [-0.1, -0.05) is 6.07 Å². The van der Waals surface area contributed by atoms with E-state index in [9.17, 15) is 4.79 Å². The summed E-state index contributed by atoms with van der Waals surface area (Å²) in [6.45, 7) is 0. The van der Waals surface area contributed by atoms with Gasteiger partial charge in [-0.25, -0.2) is 10.9 Å². The predicted octanol–water partition coefficient (Wildman–Crippen LogP) is -0.526. The molecule has 2 unspecified atom stereocenters. The summed E-state index contributed by atoms with van der Waals surface area (Å²) in [4.78, 5) is 14.9. The monoisotopic (exact) mass is 192 g/mol. The summed E-state index contributed by atoms with van der Waals surface area (Å²) in [5.41, 5.74) is 12.1. The number of rotatable bonds is 2. The first kappa shape index (κ1) is 9.11. The molecule has 0 saturated carbocycles. The summed E-state index contributed by atoms with van der Waals surface area (Å²) in [6, 6.07) is 3.66. The predicted molar refractivity (Wildman–Crippen MR) is 50.8 cm³/mol. The highest BCUT2D eigenvalue weighted by Gasteiger charge is 2.28. The van der Waals surface area contributed by atoms with Crippen LogP contribution in [-0.2, 0) is 4.79 Å². The van der Waals surface area contributed by atoms with Crippen LogP contribution < -0.4 is 16.6 Å². The van der Waals surface area contributed by atoms with Crippen molar-refractivity contribution in [2.45, 2.75) is 18.5 Å². The lowest BCUT2D eigenvalue weighted by Crippen LogP contribution is -2.40. The molecule has 0 spiro atoms. The number of hydrazine groups is 1. The van der Waals surface area contributed by atoms with Gasteiger partial charge in [0.05, 0.1) is 0 Å². The van der Waals surface area contributed by atoms with Gasteiger partial charge in [-0.2, -0.15) is 0 Å². The normalized spacial score (nSPS) is 26.3. The minimum absolute atomic E-state index is 0.112. The molecule has 1 aromatic heterocycles. The van der Waals surface area contributed by atoms with Crippen molar-refractivity contribution in [1.29, 1.82) is 0 Å². The summed E-state index contributed by atoms with van der Waals surface area (Å²) in [6.07, 6.45) is 4.17. The SMILES string of the molecule is NC(=O)C1CC(c2cccnc2)NN1. The van der Waals surface area contributed by atoms with Gasteiger partial charge in [0.2, 0.25) is 5.91 Å². The first-order valence-corrected chi connectivity index (χ1v) is 4.47. The number of hydrogen-bond acceptors (Lipinski definition) is 4. The molecule has 0 radical (unpaired) electrons. The van der Waals surface area contributed by atoms with Crippen LogP contribution in [0.25, 0.3) is 0 Å². The number of hydrogen-bond donors (Lipinski definition) is 3. The van der Waals surface area contributed by atoms with Crippen molar-refractivity contribution in [2.24, 2.45) is 5.73 Å². The fraction of sp³-hybridized carbons (Fsp3) is 0.333. The summed E-state index contributed by atoms with van der Waals surface area (Å²) < 4.78 is 0. The molecule has 74 valence electrons. The lowest BCUT2D eigenvalue weighted by atomic mass is 10.0. The maximum Gasteiger partial charge on any atom is 0.235 e. The molecular formula is C9H12N4O. The minimum atomic E-state index is -0.330. The van der Waals surface area contributed by atoms with Crippen LogP contribution in [0.2, 0.25) is 0 Å². The van der Waals surface area contributed by atoms with E-state index < -0.39 is 0 Å². The fourth-order valence-corrected chi connectivity index (χ4v) is 1.54. The number of carbonyl (C=O) groups is 1. The highest BCUT2D eigenvalue weighted by Crippen LogP contribution is 2.20. The van der Waals surface area contributed by atoms with Crippen molar-refractivity contribution in [3.63, 3.8) is 0 Å². The largest absolute Gasteiger partial charge is 0.368 e. The second-order valence-electron chi connectivity index (χ2n) is 3.32. The molecule has 5 nitrogen and oxygen atoms in total. The van der Waals surface area contributed by atoms with Crippen LogP contribution in [0.4, 0.5) is 0 Å². The van der Waals surface area contributed by atoms with E-state index in [0.717, 1.165) is 5.56 Å². The molecule has 1 saturated heterocycles. The Labute approximate surface area is 81.7 Å². The summed E-state index contributed by atoms with van der Waals surface area (Å²) in [5.74, 6) is -0.330. The molecule has 2 rings (SSSR count). The van der Waals surface area contributed by atoms with Gasteiger partial charge in [0.1, 0.15) is 6.04 Å². The topological polar surface area (TPSA) is 80.0 Å². The molecule has 0 aromatic carbocycles. The van der Waals surface area contributed by atoms with Crippen LogP contribution in [0.1, 0.15) is 18.0 Å². The van der Waals surface area contributed by atoms with Crippen molar-refractivity contribution < 1.29 is 4.79 Å². The van der Waals surface area contributed by atoms with Crippen LogP contribution in [0, 0.1) is 0 Å². The molecule has 0 aliphatic carbocycles. The standard InChI is InChI=1S/C9H12N4O/c10-9(14)8-4-7(12-13-8)6-2-1-3-11-5-6/h1-3,5,7-8,12-13H,4H2,(H2,10,14). The first-order chi connectivity index (χ1) is 6.77. The smallest absolute Gasteiger partial charge is 0.235 e. The van der Waals surface area contributed by atoms with E-state index in [4.69, 9.17) is 5.73 Å². The Morgan fingerprint density at radius 3 is 3.00 bits per heavy atom. The Morgan fingerprint density at radius 2 is 2.43 bits per heavy atom. The fourth-order valence-electron chi connectivity index (χ4n) is 1.54. The number of primary amides is 1. The maximum absolute atomic E-state index is 10.9. The van der Waals surface area contributed by atoms with Gasteiger partial charge in [0.15, 0.2) is 0 Å². The van der Waals surface area contributed by atoms with E-state index in [0.29, 0.717) is 6.42 Å². The van der Waals surface area contributed by atoms with E-state index >= 15 is 0 Å². The second kappa shape index (κ2) is 3.73. The van der Waals surface area contributed by atoms with E-state index in [2.05, 4.69) is 15.8 Å². The van der Waals surface area contributed by atoms with E-state index in [1.807, 2.05) is 12.1 Å². The molecule has 2 heterocycles. The number of nitrogens with one attached hydrogen (secondary N) is 2. The molecule has 1 aliphatic rings. The van der Waals surface area contributed by atoms with Crippen LogP contribution >= 0.6 is 0 Å². The molecule has 1 fully saturated rings. The highest BCUT2D eigenvalue weighted by atomic mass is 16.1. The van der Waals surface area contributed by atoms with Crippen LogP contribution in [-0.4, -0.2) is 16.9 Å². The first-order valence-electron chi connectivity index (χ1n) is 4.47. The molecule has 1 aromatic rings. The Bertz CT molecular complexity index is 327. The molecule has 1 amide bonds. The van der Waals surface area contributed by atoms with E-state index in [-0.39, 0.29) is 18.0 Å². The lowest BCUT2D eigenvalue weighted by Gasteiger charge is -2.07. The molecular weight excluding hydrogens is 180 g/mol. The van der Waals surface area contributed by atoms with Gasteiger partial charge in [-0.05, 0) is 18.1 Å². The van der Waals surface area contributed by atoms with Gasteiger partial charge < -0.3 is 5.73 Å². The second-order valence-corrected chi connectivity index (χ2v) is 3.32. The number of amides is 1. The van der Waals surface area contributed by atoms with Gasteiger partial charge in [0.25, 0.3) is 0 Å². The van der Waals surface area contributed by atoms with Crippen molar-refractivity contribution >= 4 is 5.91 Å². The van der Waals surface area contributed by atoms with Gasteiger partial charge >= 0.3 is 0 Å². The Balaban J connectivity index is 2.06. The van der Waals surface area contributed by atoms with Crippen molar-refractivity contribution in [3.05, 3.63) is 30.1 Å². The molecule has 0 bridgehead atoms. The van der Waals surface area contributed by atoms with Crippen LogP contribution in [0.3, 0.4) is 0 Å². The zero-order chi connectivity index (χ0) is 9.97. The highest BCUT2D eigenvalue weighted by molar-refractivity contribution is 5.80. The molecule has 5 heteroatoms. The third-order valence-corrected chi connectivity index (χ3v) is 2.33. The third kappa shape index (κ3) is 1.73. The van der Waals surface area contributed by atoms with E-state index in [1.54, 1.807) is 12.4 Å². The molecule has 14 heavy (non-hydrogen) atoms. The lowest BCUT2D eigenvalue weighted by molar-refractivity contribution is -0.119. The third-order valence-electron chi connectivity index (χ3n) is 2.33. The summed E-state index contributed by atoms with van der Waals surface area (Å²) in [7, 11) is 0. The van der Waals surface area contributed by atoms with Gasteiger partial charge in [0, 0.05) is 18.4 Å². The summed E-state index contributed by atoms with van der Waals surface area (Å²) in [5, 5.41) is 0. The average molecular weight is 192 g/mol. The number of aromatic nitrogens is 1. The van der Waals surface area contributed by atoms with Gasteiger partial charge in [-0.3, -0.25) is 9.78 Å². The zero-order valence-corrected chi connectivity index (χ0v) is 7.60. The molecule has 4 N–H and O–H groups in total. The van der Waals surface area contributed by atoms with Gasteiger partial charge in [-0.15, -0.1) is 0 Å². The number of nitrogens with zero attached hydrogens (tertiary/aromatic N) is 1. The Hall–Kier alpha value is -1.46. The number of nitrogens with two attached hydrogens (primary N) is 1. The van der Waals surface area contributed by atoms with E-state index in [1.165, 1.54) is 0 Å². The van der Waals surface area contributed by atoms with Crippen molar-refractivity contribution in [1.82, 2.24) is 15.8 Å². The Morgan fingerprint density at radius 1 is 1.57 bits per heavy atom. The number of pyridine rings is 1. The van der Waals surface area contributed by atoms with Crippen LogP contribution in [0.5, 0.6) is 0 Å².